The van der Waals surface area contributed by atoms with Crippen LogP contribution >= 0.6 is 0 Å². The number of likely N-dealkylation sites (tertiary alicyclic amines) is 1. The highest BCUT2D eigenvalue weighted by molar-refractivity contribution is 5.77. The van der Waals surface area contributed by atoms with Crippen LogP contribution in [-0.2, 0) is 33.4 Å². The van der Waals surface area contributed by atoms with Crippen molar-refractivity contribution in [1.82, 2.24) is 4.90 Å². The number of carbonyl (C=O) groups excluding carboxylic acids is 4. The maximum Gasteiger partial charge on any atom is 0.306 e. The zero-order chi connectivity index (χ0) is 33.1. The van der Waals surface area contributed by atoms with Gasteiger partial charge in [0.15, 0.2) is 0 Å². The Labute approximate surface area is 275 Å². The first kappa shape index (κ1) is 40.9. The molecule has 262 valence electrons. The van der Waals surface area contributed by atoms with Crippen molar-refractivity contribution in [3.8, 4) is 0 Å². The Morgan fingerprint density at radius 3 is 1.71 bits per heavy atom. The van der Waals surface area contributed by atoms with E-state index < -0.39 is 11.9 Å². The lowest BCUT2D eigenvalue weighted by molar-refractivity contribution is -0.155. The number of ether oxygens (including phenoxy) is 3. The highest BCUT2D eigenvalue weighted by Crippen LogP contribution is 2.23. The monoisotopic (exact) mass is 637 g/mol. The van der Waals surface area contributed by atoms with Gasteiger partial charge in [-0.1, -0.05) is 111 Å². The maximum atomic E-state index is 13.0. The van der Waals surface area contributed by atoms with E-state index in [1.54, 1.807) is 0 Å². The summed E-state index contributed by atoms with van der Waals surface area (Å²) in [6, 6.07) is -0.101. The number of carbonyl (C=O) groups is 4. The van der Waals surface area contributed by atoms with E-state index in [-0.39, 0.29) is 50.1 Å². The SMILES string of the molecule is CCCCCCCCC(=O)OCC(COC(=O)CCCCCCCC)CC(=O)OCC1CCCN1C(=O)CCC(CC)CCC. The van der Waals surface area contributed by atoms with Crippen LogP contribution in [0.5, 0.6) is 0 Å². The topological polar surface area (TPSA) is 99.2 Å². The molecule has 1 fully saturated rings. The van der Waals surface area contributed by atoms with Gasteiger partial charge in [-0.3, -0.25) is 19.2 Å². The molecule has 0 bridgehead atoms. The Kier molecular flexibility index (Phi) is 24.6. The Bertz CT molecular complexity index is 770. The van der Waals surface area contributed by atoms with Crippen LogP contribution in [0.4, 0.5) is 0 Å². The Morgan fingerprint density at radius 1 is 0.622 bits per heavy atom. The first-order valence-corrected chi connectivity index (χ1v) is 18.6. The largest absolute Gasteiger partial charge is 0.465 e. The van der Waals surface area contributed by atoms with E-state index in [2.05, 4.69) is 27.7 Å². The van der Waals surface area contributed by atoms with Gasteiger partial charge in [0.2, 0.25) is 5.91 Å². The van der Waals surface area contributed by atoms with Crippen LogP contribution in [0.25, 0.3) is 0 Å². The molecule has 0 aromatic rings. The molecule has 1 heterocycles. The zero-order valence-electron chi connectivity index (χ0n) is 29.4. The normalized spacial score (nSPS) is 15.3. The summed E-state index contributed by atoms with van der Waals surface area (Å²) in [5.41, 5.74) is 0. The molecule has 1 aliphatic heterocycles. The molecule has 2 atom stereocenters. The van der Waals surface area contributed by atoms with E-state index in [0.717, 1.165) is 77.0 Å². The minimum atomic E-state index is -0.467. The summed E-state index contributed by atoms with van der Waals surface area (Å²) in [5, 5.41) is 0. The summed E-state index contributed by atoms with van der Waals surface area (Å²) >= 11 is 0. The van der Waals surface area contributed by atoms with Crippen molar-refractivity contribution in [1.29, 1.82) is 0 Å². The molecule has 1 rings (SSSR count). The molecule has 8 nitrogen and oxygen atoms in total. The van der Waals surface area contributed by atoms with Crippen molar-refractivity contribution in [2.75, 3.05) is 26.4 Å². The van der Waals surface area contributed by atoms with Crippen LogP contribution in [-0.4, -0.2) is 61.1 Å². The minimum absolute atomic E-state index is 0.00946. The summed E-state index contributed by atoms with van der Waals surface area (Å²) < 4.78 is 16.7. The third-order valence-electron chi connectivity index (χ3n) is 9.06. The summed E-state index contributed by atoms with van der Waals surface area (Å²) in [5.74, 6) is -0.735. The fourth-order valence-corrected chi connectivity index (χ4v) is 6.08. The van der Waals surface area contributed by atoms with Gasteiger partial charge in [-0.15, -0.1) is 0 Å². The van der Waals surface area contributed by atoms with Gasteiger partial charge < -0.3 is 19.1 Å². The predicted octanol–water partition coefficient (Wildman–Crippen LogP) is 8.72. The number of hydrogen-bond acceptors (Lipinski definition) is 7. The second kappa shape index (κ2) is 27.0. The van der Waals surface area contributed by atoms with Gasteiger partial charge in [-0.25, -0.2) is 0 Å². The fraction of sp³-hybridized carbons (Fsp3) is 0.892. The van der Waals surface area contributed by atoms with E-state index in [4.69, 9.17) is 14.2 Å². The predicted molar refractivity (Wildman–Crippen MR) is 180 cm³/mol. The minimum Gasteiger partial charge on any atom is -0.465 e. The highest BCUT2D eigenvalue weighted by Gasteiger charge is 2.30. The van der Waals surface area contributed by atoms with Gasteiger partial charge in [0, 0.05) is 31.7 Å². The maximum absolute atomic E-state index is 13.0. The van der Waals surface area contributed by atoms with E-state index >= 15 is 0 Å². The summed E-state index contributed by atoms with van der Waals surface area (Å²) in [7, 11) is 0. The van der Waals surface area contributed by atoms with Crippen molar-refractivity contribution in [2.45, 2.75) is 175 Å². The second-order valence-corrected chi connectivity index (χ2v) is 13.1. The standard InChI is InChI=1S/C37H67NO7/c1-5-9-11-13-15-17-22-35(40)43-28-32(29-44-36(41)23-18-16-14-12-10-6-2)27-37(42)45-30-33-21-19-26-38(33)34(39)25-24-31(8-4)20-7-3/h31-33H,5-30H2,1-4H3. The molecule has 0 saturated carbocycles. The Morgan fingerprint density at radius 2 is 1.18 bits per heavy atom. The van der Waals surface area contributed by atoms with Gasteiger partial charge in [-0.05, 0) is 38.0 Å². The van der Waals surface area contributed by atoms with Crippen molar-refractivity contribution >= 4 is 23.8 Å². The lowest BCUT2D eigenvalue weighted by Crippen LogP contribution is -2.39. The van der Waals surface area contributed by atoms with Gasteiger partial charge in [0.05, 0.1) is 25.7 Å². The highest BCUT2D eigenvalue weighted by atomic mass is 16.6. The molecule has 1 aliphatic rings. The van der Waals surface area contributed by atoms with Crippen LogP contribution < -0.4 is 0 Å². The average Bonchev–Trinajstić information content (AvgIpc) is 3.51. The summed E-state index contributed by atoms with van der Waals surface area (Å²) in [6.07, 6.45) is 20.2. The molecule has 8 heteroatoms. The van der Waals surface area contributed by atoms with E-state index in [9.17, 15) is 19.2 Å². The van der Waals surface area contributed by atoms with Crippen LogP contribution in [0.1, 0.15) is 169 Å². The molecule has 0 N–H and O–H groups in total. The number of unbranched alkanes of at least 4 members (excludes halogenated alkanes) is 10. The van der Waals surface area contributed by atoms with Crippen molar-refractivity contribution < 1.29 is 33.4 Å². The Balaban J connectivity index is 2.56. The first-order chi connectivity index (χ1) is 21.8. The molecule has 0 aromatic heterocycles. The molecule has 0 spiro atoms. The third kappa shape index (κ3) is 20.6. The number of nitrogens with zero attached hydrogens (tertiary/aromatic N) is 1. The van der Waals surface area contributed by atoms with Crippen molar-refractivity contribution in [2.24, 2.45) is 11.8 Å². The van der Waals surface area contributed by atoms with Crippen LogP contribution in [0.2, 0.25) is 0 Å². The number of rotatable bonds is 28. The number of hydrogen-bond donors (Lipinski definition) is 0. The van der Waals surface area contributed by atoms with Crippen LogP contribution in [0.15, 0.2) is 0 Å². The summed E-state index contributed by atoms with van der Waals surface area (Å²) in [4.78, 5) is 52.5. The average molecular weight is 638 g/mol. The van der Waals surface area contributed by atoms with Gasteiger partial charge >= 0.3 is 17.9 Å². The zero-order valence-corrected chi connectivity index (χ0v) is 29.4. The molecule has 45 heavy (non-hydrogen) atoms. The lowest BCUT2D eigenvalue weighted by Gasteiger charge is -2.25. The fourth-order valence-electron chi connectivity index (χ4n) is 6.08. The molecular weight excluding hydrogens is 570 g/mol. The molecule has 1 saturated heterocycles. The molecule has 0 aliphatic carbocycles. The van der Waals surface area contributed by atoms with E-state index in [1.165, 1.54) is 38.5 Å². The smallest absolute Gasteiger partial charge is 0.306 e. The third-order valence-corrected chi connectivity index (χ3v) is 9.06. The van der Waals surface area contributed by atoms with Crippen molar-refractivity contribution in [3.05, 3.63) is 0 Å². The molecule has 0 aromatic carbocycles. The summed E-state index contributed by atoms with van der Waals surface area (Å²) in [6.45, 7) is 9.62. The Hall–Kier alpha value is -2.12. The van der Waals surface area contributed by atoms with E-state index in [1.807, 2.05) is 4.90 Å². The van der Waals surface area contributed by atoms with Gasteiger partial charge in [0.25, 0.3) is 0 Å². The quantitative estimate of drug-likeness (QED) is 0.0480. The van der Waals surface area contributed by atoms with Crippen molar-refractivity contribution in [3.63, 3.8) is 0 Å². The van der Waals surface area contributed by atoms with E-state index in [0.29, 0.717) is 31.7 Å². The number of esters is 3. The van der Waals surface area contributed by atoms with Crippen LogP contribution in [0, 0.1) is 11.8 Å². The molecule has 2 unspecified atom stereocenters. The second-order valence-electron chi connectivity index (χ2n) is 13.1. The molecule has 0 radical (unpaired) electrons. The van der Waals surface area contributed by atoms with Gasteiger partial charge in [-0.2, -0.15) is 0 Å². The molecule has 1 amide bonds. The van der Waals surface area contributed by atoms with Gasteiger partial charge in [0.1, 0.15) is 6.61 Å². The lowest BCUT2D eigenvalue weighted by atomic mass is 9.95. The van der Waals surface area contributed by atoms with Crippen LogP contribution in [0.3, 0.4) is 0 Å². The number of amides is 1. The first-order valence-electron chi connectivity index (χ1n) is 18.6. The molecular formula is C37H67NO7.